The molecule has 1 aromatic heterocycles. The first-order valence-corrected chi connectivity index (χ1v) is 6.46. The summed E-state index contributed by atoms with van der Waals surface area (Å²) in [5.74, 6) is 0.639. The van der Waals surface area contributed by atoms with Gasteiger partial charge in [0, 0.05) is 18.8 Å². The highest BCUT2D eigenvalue weighted by molar-refractivity contribution is 5.11. The average molecular weight is 235 g/mol. The van der Waals surface area contributed by atoms with Crippen LogP contribution >= 0.6 is 0 Å². The SMILES string of the molecule is CCN(CC(C)C)C(c1ccccn1)C(C)N. The Bertz CT molecular complexity index is 309. The van der Waals surface area contributed by atoms with Gasteiger partial charge in [-0.3, -0.25) is 9.88 Å². The summed E-state index contributed by atoms with van der Waals surface area (Å²) in [6.45, 7) is 10.8. The summed E-state index contributed by atoms with van der Waals surface area (Å²) in [6, 6.07) is 6.34. The molecule has 96 valence electrons. The van der Waals surface area contributed by atoms with Crippen LogP contribution in [0.25, 0.3) is 0 Å². The summed E-state index contributed by atoms with van der Waals surface area (Å²) in [5.41, 5.74) is 7.21. The number of likely N-dealkylation sites (N-methyl/N-ethyl adjacent to an activating group) is 1. The third-order valence-corrected chi connectivity index (χ3v) is 2.89. The lowest BCUT2D eigenvalue weighted by Crippen LogP contribution is -2.41. The second-order valence-electron chi connectivity index (χ2n) is 5.04. The Kier molecular flexibility index (Phi) is 5.59. The molecule has 1 heterocycles. The van der Waals surface area contributed by atoms with Gasteiger partial charge < -0.3 is 5.73 Å². The normalized spacial score (nSPS) is 15.2. The van der Waals surface area contributed by atoms with E-state index in [1.165, 1.54) is 0 Å². The van der Waals surface area contributed by atoms with E-state index in [1.54, 1.807) is 0 Å². The highest BCUT2D eigenvalue weighted by Gasteiger charge is 2.24. The van der Waals surface area contributed by atoms with Gasteiger partial charge in [0.1, 0.15) is 0 Å². The van der Waals surface area contributed by atoms with Gasteiger partial charge in [-0.2, -0.15) is 0 Å². The lowest BCUT2D eigenvalue weighted by atomic mass is 10.0. The molecule has 0 fully saturated rings. The van der Waals surface area contributed by atoms with Gasteiger partial charge >= 0.3 is 0 Å². The summed E-state index contributed by atoms with van der Waals surface area (Å²) in [4.78, 5) is 6.87. The largest absolute Gasteiger partial charge is 0.326 e. The van der Waals surface area contributed by atoms with Gasteiger partial charge in [0.05, 0.1) is 11.7 Å². The van der Waals surface area contributed by atoms with Crippen molar-refractivity contribution in [3.05, 3.63) is 30.1 Å². The van der Waals surface area contributed by atoms with Crippen LogP contribution in [-0.2, 0) is 0 Å². The molecule has 0 saturated heterocycles. The summed E-state index contributed by atoms with van der Waals surface area (Å²) in [7, 11) is 0. The lowest BCUT2D eigenvalue weighted by Gasteiger charge is -2.34. The topological polar surface area (TPSA) is 42.2 Å². The standard InChI is InChI=1S/C14H25N3/c1-5-17(10-11(2)3)14(12(4)15)13-8-6-7-9-16-13/h6-9,11-12,14H,5,10,15H2,1-4H3. The molecular weight excluding hydrogens is 210 g/mol. The number of nitrogens with zero attached hydrogens (tertiary/aromatic N) is 2. The van der Waals surface area contributed by atoms with Gasteiger partial charge in [-0.25, -0.2) is 0 Å². The van der Waals surface area contributed by atoms with Gasteiger partial charge in [0.15, 0.2) is 0 Å². The maximum atomic E-state index is 6.14. The molecule has 0 radical (unpaired) electrons. The van der Waals surface area contributed by atoms with Crippen molar-refractivity contribution in [3.8, 4) is 0 Å². The van der Waals surface area contributed by atoms with E-state index in [4.69, 9.17) is 5.73 Å². The van der Waals surface area contributed by atoms with Crippen molar-refractivity contribution >= 4 is 0 Å². The number of hydrogen-bond donors (Lipinski definition) is 1. The molecule has 2 N–H and O–H groups in total. The number of nitrogens with two attached hydrogens (primary N) is 1. The van der Waals surface area contributed by atoms with Crippen LogP contribution in [0.3, 0.4) is 0 Å². The van der Waals surface area contributed by atoms with Crippen LogP contribution in [-0.4, -0.2) is 29.0 Å². The third kappa shape index (κ3) is 4.10. The number of rotatable bonds is 6. The van der Waals surface area contributed by atoms with Gasteiger partial charge in [-0.1, -0.05) is 26.8 Å². The molecular formula is C14H25N3. The molecule has 0 aliphatic heterocycles. The fourth-order valence-corrected chi connectivity index (χ4v) is 2.25. The summed E-state index contributed by atoms with van der Waals surface area (Å²) in [6.07, 6.45) is 1.84. The zero-order chi connectivity index (χ0) is 12.8. The molecule has 2 atom stereocenters. The van der Waals surface area contributed by atoms with Crippen LogP contribution in [0.15, 0.2) is 24.4 Å². The molecule has 0 amide bonds. The van der Waals surface area contributed by atoms with Crippen molar-refractivity contribution in [2.75, 3.05) is 13.1 Å². The van der Waals surface area contributed by atoms with E-state index in [1.807, 2.05) is 18.3 Å². The first-order chi connectivity index (χ1) is 8.06. The minimum absolute atomic E-state index is 0.0867. The molecule has 0 aliphatic carbocycles. The highest BCUT2D eigenvalue weighted by Crippen LogP contribution is 2.22. The Morgan fingerprint density at radius 3 is 2.41 bits per heavy atom. The van der Waals surface area contributed by atoms with Crippen LogP contribution in [0, 0.1) is 5.92 Å². The van der Waals surface area contributed by atoms with E-state index in [0.29, 0.717) is 5.92 Å². The van der Waals surface area contributed by atoms with Crippen molar-refractivity contribution in [2.24, 2.45) is 11.7 Å². The highest BCUT2D eigenvalue weighted by atomic mass is 15.2. The smallest absolute Gasteiger partial charge is 0.0670 e. The summed E-state index contributed by atoms with van der Waals surface area (Å²) in [5, 5.41) is 0. The second kappa shape index (κ2) is 6.72. The van der Waals surface area contributed by atoms with Crippen LogP contribution in [0.2, 0.25) is 0 Å². The molecule has 1 rings (SSSR count). The fourth-order valence-electron chi connectivity index (χ4n) is 2.25. The van der Waals surface area contributed by atoms with E-state index in [9.17, 15) is 0 Å². The Hall–Kier alpha value is -0.930. The molecule has 3 heteroatoms. The third-order valence-electron chi connectivity index (χ3n) is 2.89. The molecule has 0 saturated carbocycles. The predicted molar refractivity (Wildman–Crippen MR) is 72.7 cm³/mol. The number of pyridine rings is 1. The van der Waals surface area contributed by atoms with Crippen molar-refractivity contribution < 1.29 is 0 Å². The summed E-state index contributed by atoms with van der Waals surface area (Å²) < 4.78 is 0. The Morgan fingerprint density at radius 2 is 2.00 bits per heavy atom. The first kappa shape index (κ1) is 14.1. The monoisotopic (exact) mass is 235 g/mol. The lowest BCUT2D eigenvalue weighted by molar-refractivity contribution is 0.162. The minimum Gasteiger partial charge on any atom is -0.326 e. The molecule has 0 aliphatic rings. The van der Waals surface area contributed by atoms with Gasteiger partial charge in [-0.05, 0) is 31.5 Å². The van der Waals surface area contributed by atoms with Crippen LogP contribution in [0.4, 0.5) is 0 Å². The van der Waals surface area contributed by atoms with Crippen LogP contribution in [0.5, 0.6) is 0 Å². The second-order valence-corrected chi connectivity index (χ2v) is 5.04. The van der Waals surface area contributed by atoms with Crippen LogP contribution < -0.4 is 5.73 Å². The van der Waals surface area contributed by atoms with E-state index in [-0.39, 0.29) is 12.1 Å². The fraction of sp³-hybridized carbons (Fsp3) is 0.643. The van der Waals surface area contributed by atoms with Crippen molar-refractivity contribution in [3.63, 3.8) is 0 Å². The maximum absolute atomic E-state index is 6.14. The van der Waals surface area contributed by atoms with Gasteiger partial charge in [0.25, 0.3) is 0 Å². The van der Waals surface area contributed by atoms with Gasteiger partial charge in [0.2, 0.25) is 0 Å². The molecule has 0 spiro atoms. The average Bonchev–Trinajstić information content (AvgIpc) is 2.28. The van der Waals surface area contributed by atoms with E-state index in [0.717, 1.165) is 18.8 Å². The molecule has 2 unspecified atom stereocenters. The Labute approximate surface area is 105 Å². The van der Waals surface area contributed by atoms with E-state index >= 15 is 0 Å². The predicted octanol–water partition coefficient (Wildman–Crippen LogP) is 2.45. The number of aromatic nitrogens is 1. The quantitative estimate of drug-likeness (QED) is 0.823. The molecule has 0 aromatic carbocycles. The number of hydrogen-bond acceptors (Lipinski definition) is 3. The Balaban J connectivity index is 2.91. The van der Waals surface area contributed by atoms with Crippen molar-refractivity contribution in [1.29, 1.82) is 0 Å². The molecule has 3 nitrogen and oxygen atoms in total. The van der Waals surface area contributed by atoms with Crippen molar-refractivity contribution in [2.45, 2.75) is 39.8 Å². The molecule has 0 bridgehead atoms. The van der Waals surface area contributed by atoms with Crippen molar-refractivity contribution in [1.82, 2.24) is 9.88 Å². The first-order valence-electron chi connectivity index (χ1n) is 6.46. The van der Waals surface area contributed by atoms with Gasteiger partial charge in [-0.15, -0.1) is 0 Å². The summed E-state index contributed by atoms with van der Waals surface area (Å²) >= 11 is 0. The minimum atomic E-state index is 0.0867. The molecule has 17 heavy (non-hydrogen) atoms. The van der Waals surface area contributed by atoms with Crippen LogP contribution in [0.1, 0.15) is 39.4 Å². The Morgan fingerprint density at radius 1 is 1.29 bits per heavy atom. The molecule has 1 aromatic rings. The van der Waals surface area contributed by atoms with E-state index < -0.39 is 0 Å². The zero-order valence-corrected chi connectivity index (χ0v) is 11.4. The zero-order valence-electron chi connectivity index (χ0n) is 11.4. The van der Waals surface area contributed by atoms with E-state index in [2.05, 4.69) is 43.6 Å². The maximum Gasteiger partial charge on any atom is 0.0670 e.